The minimum absolute atomic E-state index is 0.0569. The molecule has 2 aromatic rings. The van der Waals surface area contributed by atoms with Gasteiger partial charge in [-0.3, -0.25) is 9.59 Å². The molecule has 1 aliphatic heterocycles. The van der Waals surface area contributed by atoms with Crippen molar-refractivity contribution in [2.75, 3.05) is 23.8 Å². The Hall–Kier alpha value is -2.42. The summed E-state index contributed by atoms with van der Waals surface area (Å²) in [5.74, 6) is -0.622. The second kappa shape index (κ2) is 8.14. The molecule has 2 aromatic carbocycles. The number of rotatable bonds is 4. The summed E-state index contributed by atoms with van der Waals surface area (Å²) in [5, 5.41) is 3.12. The van der Waals surface area contributed by atoms with Gasteiger partial charge >= 0.3 is 0 Å². The Morgan fingerprint density at radius 3 is 2.66 bits per heavy atom. The first-order chi connectivity index (χ1) is 13.6. The largest absolute Gasteiger partial charge is 0.324 e. The molecule has 0 aromatic heterocycles. The van der Waals surface area contributed by atoms with Crippen molar-refractivity contribution in [1.29, 1.82) is 0 Å². The number of hydrogen-bond acceptors (Lipinski definition) is 4. The van der Waals surface area contributed by atoms with Crippen molar-refractivity contribution in [2.24, 2.45) is 0 Å². The molecule has 2 amide bonds. The predicted octanol–water partition coefficient (Wildman–Crippen LogP) is 3.03. The molecule has 0 fully saturated rings. The highest BCUT2D eigenvalue weighted by Gasteiger charge is 2.32. The number of anilines is 2. The Bertz CT molecular complexity index is 1070. The number of nitrogens with one attached hydrogen (secondary N) is 1. The Kier molecular flexibility index (Phi) is 5.97. The molecule has 3 rings (SSSR count). The highest BCUT2D eigenvalue weighted by atomic mass is 35.5. The molecule has 1 N–H and O–H groups in total. The second-order valence-electron chi connectivity index (χ2n) is 7.01. The predicted molar refractivity (Wildman–Crippen MR) is 113 cm³/mol. The fraction of sp³-hybridized carbons (Fsp3) is 0.300. The maximum Gasteiger partial charge on any atom is 0.243 e. The zero-order valence-corrected chi connectivity index (χ0v) is 17.9. The molecule has 1 aliphatic rings. The van der Waals surface area contributed by atoms with Crippen molar-refractivity contribution < 1.29 is 18.0 Å². The second-order valence-corrected chi connectivity index (χ2v) is 9.43. The zero-order chi connectivity index (χ0) is 21.3. The summed E-state index contributed by atoms with van der Waals surface area (Å²) < 4.78 is 27.0. The van der Waals surface area contributed by atoms with Crippen LogP contribution in [0.4, 0.5) is 11.4 Å². The minimum Gasteiger partial charge on any atom is -0.324 e. The number of benzene rings is 2. The van der Waals surface area contributed by atoms with Crippen molar-refractivity contribution in [1.82, 2.24) is 4.31 Å². The van der Waals surface area contributed by atoms with E-state index in [0.717, 1.165) is 4.31 Å². The molecule has 1 atom stereocenters. The third-order valence-corrected chi connectivity index (χ3v) is 7.25. The Balaban J connectivity index is 1.91. The molecular weight excluding hydrogens is 414 g/mol. The number of carbonyl (C=O) groups excluding carboxylic acids is 2. The topological polar surface area (TPSA) is 86.8 Å². The summed E-state index contributed by atoms with van der Waals surface area (Å²) >= 11 is 6.06. The molecule has 0 saturated carbocycles. The van der Waals surface area contributed by atoms with Gasteiger partial charge in [-0.1, -0.05) is 29.8 Å². The van der Waals surface area contributed by atoms with Crippen LogP contribution in [0.1, 0.15) is 18.9 Å². The van der Waals surface area contributed by atoms with Crippen molar-refractivity contribution in [3.63, 3.8) is 0 Å². The number of carbonyl (C=O) groups is 2. The first-order valence-corrected chi connectivity index (χ1v) is 10.9. The number of amides is 2. The highest BCUT2D eigenvalue weighted by Crippen LogP contribution is 2.32. The van der Waals surface area contributed by atoms with Gasteiger partial charge in [0.2, 0.25) is 21.8 Å². The lowest BCUT2D eigenvalue weighted by Crippen LogP contribution is -2.45. The van der Waals surface area contributed by atoms with Crippen LogP contribution in [0.3, 0.4) is 0 Å². The molecule has 0 spiro atoms. The van der Waals surface area contributed by atoms with Crippen molar-refractivity contribution in [2.45, 2.75) is 31.2 Å². The molecule has 9 heteroatoms. The Labute approximate surface area is 175 Å². The SMILES string of the molecule is Cc1c(Cl)cccc1S(=O)(=O)N(C)CC(=O)N1c2ccccc2NC(=O)CC1C. The number of fused-ring (bicyclic) bond motifs is 1. The number of nitrogens with zero attached hydrogens (tertiary/aromatic N) is 2. The molecule has 29 heavy (non-hydrogen) atoms. The maximum atomic E-state index is 13.1. The van der Waals surface area contributed by atoms with E-state index in [9.17, 15) is 18.0 Å². The number of halogens is 1. The summed E-state index contributed by atoms with van der Waals surface area (Å²) in [6, 6.07) is 11.2. The Morgan fingerprint density at radius 1 is 1.24 bits per heavy atom. The monoisotopic (exact) mass is 435 g/mol. The summed E-state index contributed by atoms with van der Waals surface area (Å²) in [6.45, 7) is 3.01. The van der Waals surface area contributed by atoms with Crippen LogP contribution in [0, 0.1) is 6.92 Å². The molecule has 0 aliphatic carbocycles. The van der Waals surface area contributed by atoms with E-state index in [1.807, 2.05) is 0 Å². The molecule has 0 saturated heterocycles. The normalized spacial score (nSPS) is 16.9. The van der Waals surface area contributed by atoms with Crippen molar-refractivity contribution in [3.05, 3.63) is 53.1 Å². The van der Waals surface area contributed by atoms with E-state index in [1.54, 1.807) is 50.2 Å². The van der Waals surface area contributed by atoms with Crippen molar-refractivity contribution >= 4 is 44.8 Å². The van der Waals surface area contributed by atoms with Crippen LogP contribution in [-0.2, 0) is 19.6 Å². The molecule has 0 bridgehead atoms. The lowest BCUT2D eigenvalue weighted by atomic mass is 10.1. The van der Waals surface area contributed by atoms with E-state index >= 15 is 0 Å². The van der Waals surface area contributed by atoms with Gasteiger partial charge in [-0.25, -0.2) is 8.42 Å². The number of likely N-dealkylation sites (N-methyl/N-ethyl adjacent to an activating group) is 1. The first kappa shape index (κ1) is 21.3. The average Bonchev–Trinajstić information content (AvgIpc) is 2.77. The van der Waals surface area contributed by atoms with E-state index in [-0.39, 0.29) is 23.8 Å². The van der Waals surface area contributed by atoms with Crippen LogP contribution < -0.4 is 10.2 Å². The zero-order valence-electron chi connectivity index (χ0n) is 16.3. The van der Waals surface area contributed by atoms with Gasteiger partial charge in [-0.15, -0.1) is 0 Å². The average molecular weight is 436 g/mol. The van der Waals surface area contributed by atoms with Crippen LogP contribution in [-0.4, -0.2) is 44.2 Å². The highest BCUT2D eigenvalue weighted by molar-refractivity contribution is 7.89. The molecule has 0 radical (unpaired) electrons. The van der Waals surface area contributed by atoms with Crippen LogP contribution in [0.25, 0.3) is 0 Å². The van der Waals surface area contributed by atoms with Crippen LogP contribution in [0.5, 0.6) is 0 Å². The Morgan fingerprint density at radius 2 is 1.93 bits per heavy atom. The third kappa shape index (κ3) is 4.14. The molecule has 1 heterocycles. The van der Waals surface area contributed by atoms with Gasteiger partial charge in [0, 0.05) is 24.5 Å². The fourth-order valence-electron chi connectivity index (χ4n) is 3.35. The van der Waals surface area contributed by atoms with Crippen LogP contribution >= 0.6 is 11.6 Å². The smallest absolute Gasteiger partial charge is 0.243 e. The molecule has 7 nitrogen and oxygen atoms in total. The maximum absolute atomic E-state index is 13.1. The summed E-state index contributed by atoms with van der Waals surface area (Å²) in [7, 11) is -2.57. The van der Waals surface area contributed by atoms with E-state index in [2.05, 4.69) is 5.32 Å². The van der Waals surface area contributed by atoms with E-state index in [0.29, 0.717) is 22.0 Å². The summed E-state index contributed by atoms with van der Waals surface area (Å²) in [4.78, 5) is 26.8. The quantitative estimate of drug-likeness (QED) is 0.799. The van der Waals surface area contributed by atoms with Crippen LogP contribution in [0.15, 0.2) is 47.4 Å². The van der Waals surface area contributed by atoms with Gasteiger partial charge in [0.15, 0.2) is 0 Å². The van der Waals surface area contributed by atoms with E-state index < -0.39 is 22.0 Å². The summed E-state index contributed by atoms with van der Waals surface area (Å²) in [5.41, 5.74) is 1.49. The number of para-hydroxylation sites is 2. The minimum atomic E-state index is -3.92. The lowest BCUT2D eigenvalue weighted by Gasteiger charge is -2.29. The lowest BCUT2D eigenvalue weighted by molar-refractivity contribution is -0.119. The van der Waals surface area contributed by atoms with Gasteiger partial charge in [-0.2, -0.15) is 4.31 Å². The van der Waals surface area contributed by atoms with Gasteiger partial charge < -0.3 is 10.2 Å². The standard InChI is InChI=1S/C20H22ClN3O4S/c1-13-11-19(25)22-16-8-4-5-9-17(16)24(13)20(26)12-23(3)29(27,28)18-10-6-7-15(21)14(18)2/h4-10,13H,11-12H2,1-3H3,(H,22,25). The number of sulfonamides is 1. The molecule has 154 valence electrons. The van der Waals surface area contributed by atoms with E-state index in [1.165, 1.54) is 18.0 Å². The molecule has 1 unspecified atom stereocenters. The fourth-order valence-corrected chi connectivity index (χ4v) is 4.95. The molecular formula is C20H22ClN3O4S. The van der Waals surface area contributed by atoms with Gasteiger partial charge in [0.25, 0.3) is 0 Å². The van der Waals surface area contributed by atoms with Gasteiger partial charge in [0.1, 0.15) is 0 Å². The summed E-state index contributed by atoms with van der Waals surface area (Å²) in [6.07, 6.45) is 0.115. The van der Waals surface area contributed by atoms with Gasteiger partial charge in [0.05, 0.1) is 22.8 Å². The van der Waals surface area contributed by atoms with Crippen molar-refractivity contribution in [3.8, 4) is 0 Å². The first-order valence-electron chi connectivity index (χ1n) is 9.05. The van der Waals surface area contributed by atoms with Crippen LogP contribution in [0.2, 0.25) is 5.02 Å². The number of hydrogen-bond donors (Lipinski definition) is 1. The van der Waals surface area contributed by atoms with Gasteiger partial charge in [-0.05, 0) is 43.7 Å². The third-order valence-electron chi connectivity index (χ3n) is 4.89. The van der Waals surface area contributed by atoms with E-state index in [4.69, 9.17) is 11.6 Å².